The van der Waals surface area contributed by atoms with E-state index in [2.05, 4.69) is 4.99 Å². The van der Waals surface area contributed by atoms with Gasteiger partial charge in [0.25, 0.3) is 0 Å². The molecule has 0 atom stereocenters. The summed E-state index contributed by atoms with van der Waals surface area (Å²) < 4.78 is 0. The first-order chi connectivity index (χ1) is 7.36. The molecule has 78 valence electrons. The standard InChI is InChI=1S/C13H16N2/c14-13(11-6-2-1-3-7-11)10-12-8-4-5-9-15-12/h1-3,6-7,10H,4-5,8-9,14H2/b13-10-. The molecule has 1 aliphatic heterocycles. The molecule has 0 bridgehead atoms. The molecular weight excluding hydrogens is 184 g/mol. The lowest BCUT2D eigenvalue weighted by molar-refractivity contribution is 0.740. The minimum Gasteiger partial charge on any atom is -0.398 e. The minimum absolute atomic E-state index is 0.816. The fraction of sp³-hybridized carbons (Fsp3) is 0.308. The summed E-state index contributed by atoms with van der Waals surface area (Å²) in [7, 11) is 0. The summed E-state index contributed by atoms with van der Waals surface area (Å²) in [5, 5.41) is 0. The molecule has 0 aromatic heterocycles. The molecule has 1 aromatic carbocycles. The molecule has 2 rings (SSSR count). The number of benzene rings is 1. The molecule has 2 nitrogen and oxygen atoms in total. The average molecular weight is 200 g/mol. The summed E-state index contributed by atoms with van der Waals surface area (Å²) in [6.07, 6.45) is 5.52. The smallest absolute Gasteiger partial charge is 0.0405 e. The Morgan fingerprint density at radius 2 is 2.00 bits per heavy atom. The van der Waals surface area contributed by atoms with E-state index >= 15 is 0 Å². The second kappa shape index (κ2) is 4.78. The van der Waals surface area contributed by atoms with E-state index in [-0.39, 0.29) is 0 Å². The largest absolute Gasteiger partial charge is 0.398 e. The monoisotopic (exact) mass is 200 g/mol. The quantitative estimate of drug-likeness (QED) is 0.783. The van der Waals surface area contributed by atoms with E-state index in [1.807, 2.05) is 36.4 Å². The number of aliphatic imine (C=N–C) groups is 1. The lowest BCUT2D eigenvalue weighted by Crippen LogP contribution is -2.06. The van der Waals surface area contributed by atoms with E-state index in [9.17, 15) is 0 Å². The Kier molecular flexibility index (Phi) is 3.18. The first kappa shape index (κ1) is 9.97. The summed E-state index contributed by atoms with van der Waals surface area (Å²) in [5.74, 6) is 0. The van der Waals surface area contributed by atoms with Crippen LogP contribution in [0, 0.1) is 0 Å². The SMILES string of the molecule is N/C(=C\C1=NCCCC1)c1ccccc1. The molecule has 1 aromatic rings. The molecule has 0 unspecified atom stereocenters. The Labute approximate surface area is 90.5 Å². The van der Waals surface area contributed by atoms with Crippen LogP contribution in [0.1, 0.15) is 24.8 Å². The fourth-order valence-corrected chi connectivity index (χ4v) is 1.73. The van der Waals surface area contributed by atoms with Crippen LogP contribution < -0.4 is 5.73 Å². The van der Waals surface area contributed by atoms with Crippen molar-refractivity contribution in [1.29, 1.82) is 0 Å². The van der Waals surface area contributed by atoms with E-state index in [0.717, 1.165) is 29.9 Å². The zero-order valence-corrected chi connectivity index (χ0v) is 8.82. The molecule has 0 saturated heterocycles. The Morgan fingerprint density at radius 1 is 1.20 bits per heavy atom. The van der Waals surface area contributed by atoms with E-state index in [4.69, 9.17) is 5.73 Å². The van der Waals surface area contributed by atoms with E-state index in [1.54, 1.807) is 0 Å². The highest BCUT2D eigenvalue weighted by atomic mass is 14.7. The third-order valence-corrected chi connectivity index (χ3v) is 2.59. The zero-order chi connectivity index (χ0) is 10.5. The van der Waals surface area contributed by atoms with Crippen LogP contribution in [0.5, 0.6) is 0 Å². The molecule has 0 amide bonds. The molecular formula is C13H16N2. The maximum Gasteiger partial charge on any atom is 0.0405 e. The molecule has 2 N–H and O–H groups in total. The first-order valence-corrected chi connectivity index (χ1v) is 5.42. The highest BCUT2D eigenvalue weighted by Gasteiger charge is 2.03. The van der Waals surface area contributed by atoms with Crippen molar-refractivity contribution in [2.45, 2.75) is 19.3 Å². The van der Waals surface area contributed by atoms with Crippen LogP contribution in [0.2, 0.25) is 0 Å². The van der Waals surface area contributed by atoms with Crippen molar-refractivity contribution in [3.63, 3.8) is 0 Å². The van der Waals surface area contributed by atoms with Gasteiger partial charge in [-0.1, -0.05) is 30.3 Å². The van der Waals surface area contributed by atoms with Gasteiger partial charge >= 0.3 is 0 Å². The van der Waals surface area contributed by atoms with Gasteiger partial charge in [-0.05, 0) is 30.9 Å². The number of hydrogen-bond acceptors (Lipinski definition) is 2. The summed E-state index contributed by atoms with van der Waals surface area (Å²) >= 11 is 0. The molecule has 15 heavy (non-hydrogen) atoms. The number of hydrogen-bond donors (Lipinski definition) is 1. The van der Waals surface area contributed by atoms with Crippen molar-refractivity contribution < 1.29 is 0 Å². The van der Waals surface area contributed by atoms with Crippen molar-refractivity contribution in [2.24, 2.45) is 10.7 Å². The van der Waals surface area contributed by atoms with Crippen LogP contribution in [0.3, 0.4) is 0 Å². The number of rotatable bonds is 2. The number of nitrogens with zero attached hydrogens (tertiary/aromatic N) is 1. The summed E-state index contributed by atoms with van der Waals surface area (Å²) in [4.78, 5) is 4.46. The average Bonchev–Trinajstić information content (AvgIpc) is 2.31. The van der Waals surface area contributed by atoms with Crippen LogP contribution in [-0.4, -0.2) is 12.3 Å². The van der Waals surface area contributed by atoms with Crippen molar-refractivity contribution in [3.8, 4) is 0 Å². The Balaban J connectivity index is 2.16. The van der Waals surface area contributed by atoms with Crippen molar-refractivity contribution in [3.05, 3.63) is 42.0 Å². The van der Waals surface area contributed by atoms with Gasteiger partial charge in [0.1, 0.15) is 0 Å². The van der Waals surface area contributed by atoms with Crippen LogP contribution in [0.4, 0.5) is 0 Å². The van der Waals surface area contributed by atoms with Gasteiger partial charge in [0.15, 0.2) is 0 Å². The minimum atomic E-state index is 0.816. The molecule has 2 heteroatoms. The van der Waals surface area contributed by atoms with Gasteiger partial charge in [0.05, 0.1) is 0 Å². The molecule has 1 aliphatic rings. The van der Waals surface area contributed by atoms with E-state index in [1.165, 1.54) is 12.8 Å². The van der Waals surface area contributed by atoms with Gasteiger partial charge in [0, 0.05) is 18.0 Å². The topological polar surface area (TPSA) is 38.4 Å². The third-order valence-electron chi connectivity index (χ3n) is 2.59. The number of allylic oxidation sites excluding steroid dienone is 1. The molecule has 0 radical (unpaired) electrons. The van der Waals surface area contributed by atoms with Gasteiger partial charge in [-0.3, -0.25) is 4.99 Å². The molecule has 0 saturated carbocycles. The predicted octanol–water partition coefficient (Wildman–Crippen LogP) is 2.61. The van der Waals surface area contributed by atoms with Crippen molar-refractivity contribution >= 4 is 11.4 Å². The van der Waals surface area contributed by atoms with Crippen LogP contribution in [-0.2, 0) is 0 Å². The molecule has 0 fully saturated rings. The Hall–Kier alpha value is -1.57. The van der Waals surface area contributed by atoms with Crippen molar-refractivity contribution in [2.75, 3.05) is 6.54 Å². The third kappa shape index (κ3) is 2.69. The van der Waals surface area contributed by atoms with Crippen LogP contribution in [0.25, 0.3) is 5.70 Å². The Morgan fingerprint density at radius 3 is 2.67 bits per heavy atom. The maximum absolute atomic E-state index is 6.01. The molecule has 0 aliphatic carbocycles. The summed E-state index contributed by atoms with van der Waals surface area (Å²) in [6, 6.07) is 10.0. The van der Waals surface area contributed by atoms with Gasteiger partial charge in [0.2, 0.25) is 0 Å². The normalized spacial score (nSPS) is 17.3. The first-order valence-electron chi connectivity index (χ1n) is 5.42. The molecule has 1 heterocycles. The van der Waals surface area contributed by atoms with Gasteiger partial charge in [-0.25, -0.2) is 0 Å². The maximum atomic E-state index is 6.01. The summed E-state index contributed by atoms with van der Waals surface area (Å²) in [6.45, 7) is 0.952. The Bertz CT molecular complexity index is 377. The second-order valence-electron chi connectivity index (χ2n) is 3.80. The highest BCUT2D eigenvalue weighted by Crippen LogP contribution is 2.12. The van der Waals surface area contributed by atoms with Gasteiger partial charge in [-0.2, -0.15) is 0 Å². The van der Waals surface area contributed by atoms with E-state index < -0.39 is 0 Å². The lowest BCUT2D eigenvalue weighted by Gasteiger charge is -2.09. The van der Waals surface area contributed by atoms with Gasteiger partial charge < -0.3 is 5.73 Å². The van der Waals surface area contributed by atoms with Crippen LogP contribution >= 0.6 is 0 Å². The van der Waals surface area contributed by atoms with E-state index in [0.29, 0.717) is 0 Å². The summed E-state index contributed by atoms with van der Waals surface area (Å²) in [5.41, 5.74) is 9.04. The highest BCUT2D eigenvalue weighted by molar-refractivity contribution is 6.00. The predicted molar refractivity (Wildman–Crippen MR) is 64.8 cm³/mol. The van der Waals surface area contributed by atoms with Crippen molar-refractivity contribution in [1.82, 2.24) is 0 Å². The lowest BCUT2D eigenvalue weighted by atomic mass is 10.1. The number of nitrogens with two attached hydrogens (primary N) is 1. The van der Waals surface area contributed by atoms with Crippen LogP contribution in [0.15, 0.2) is 41.4 Å². The second-order valence-corrected chi connectivity index (χ2v) is 3.80. The zero-order valence-electron chi connectivity index (χ0n) is 8.82. The molecule has 0 spiro atoms. The van der Waals surface area contributed by atoms with Gasteiger partial charge in [-0.15, -0.1) is 0 Å². The fourth-order valence-electron chi connectivity index (χ4n) is 1.73.